The van der Waals surface area contributed by atoms with Crippen molar-refractivity contribution < 1.29 is 4.74 Å². The maximum absolute atomic E-state index is 5.39. The van der Waals surface area contributed by atoms with Gasteiger partial charge in [0.1, 0.15) is 0 Å². The van der Waals surface area contributed by atoms with Gasteiger partial charge in [-0.1, -0.05) is 19.1 Å². The zero-order valence-electron chi connectivity index (χ0n) is 11.0. The van der Waals surface area contributed by atoms with Crippen LogP contribution in [0.4, 0.5) is 0 Å². The SMILES string of the molecule is C=CCN(CC=C)C[C](CC)N1CCOCC1. The first-order valence-corrected chi connectivity index (χ1v) is 6.43. The van der Waals surface area contributed by atoms with Gasteiger partial charge in [-0.3, -0.25) is 9.80 Å². The van der Waals surface area contributed by atoms with E-state index < -0.39 is 0 Å². The van der Waals surface area contributed by atoms with Crippen LogP contribution in [0.5, 0.6) is 0 Å². The Bertz CT molecular complexity index is 214. The van der Waals surface area contributed by atoms with E-state index in [1.165, 1.54) is 6.04 Å². The minimum absolute atomic E-state index is 0.854. The lowest BCUT2D eigenvalue weighted by molar-refractivity contribution is 0.0345. The fourth-order valence-corrected chi connectivity index (χ4v) is 2.14. The van der Waals surface area contributed by atoms with Gasteiger partial charge < -0.3 is 4.74 Å². The molecular formula is C14H25N2O. The molecule has 1 fully saturated rings. The van der Waals surface area contributed by atoms with Gasteiger partial charge in [0.15, 0.2) is 0 Å². The van der Waals surface area contributed by atoms with Crippen molar-refractivity contribution >= 4 is 0 Å². The summed E-state index contributed by atoms with van der Waals surface area (Å²) in [5.41, 5.74) is 0. The van der Waals surface area contributed by atoms with Crippen LogP contribution >= 0.6 is 0 Å². The second-order valence-corrected chi connectivity index (χ2v) is 4.29. The maximum atomic E-state index is 5.39. The number of morpholine rings is 1. The van der Waals surface area contributed by atoms with Crippen LogP contribution in [0.25, 0.3) is 0 Å². The molecule has 0 aromatic carbocycles. The molecule has 1 heterocycles. The highest BCUT2D eigenvalue weighted by atomic mass is 16.5. The summed E-state index contributed by atoms with van der Waals surface area (Å²) in [6.45, 7) is 16.4. The summed E-state index contributed by atoms with van der Waals surface area (Å²) >= 11 is 0. The molecule has 0 aliphatic carbocycles. The Morgan fingerprint density at radius 2 is 1.82 bits per heavy atom. The van der Waals surface area contributed by atoms with E-state index in [-0.39, 0.29) is 0 Å². The molecule has 0 aromatic heterocycles. The molecule has 0 atom stereocenters. The minimum atomic E-state index is 0.854. The first-order valence-electron chi connectivity index (χ1n) is 6.43. The summed E-state index contributed by atoms with van der Waals surface area (Å²) in [5.74, 6) is 0. The first kappa shape index (κ1) is 14.4. The summed E-state index contributed by atoms with van der Waals surface area (Å²) in [5, 5.41) is 0. The average molecular weight is 237 g/mol. The summed E-state index contributed by atoms with van der Waals surface area (Å²) in [7, 11) is 0. The van der Waals surface area contributed by atoms with Crippen LogP contribution in [0, 0.1) is 6.04 Å². The van der Waals surface area contributed by atoms with Crippen LogP contribution in [-0.2, 0) is 4.74 Å². The lowest BCUT2D eigenvalue weighted by Crippen LogP contribution is -2.43. The van der Waals surface area contributed by atoms with Crippen molar-refractivity contribution in [2.75, 3.05) is 45.9 Å². The largest absolute Gasteiger partial charge is 0.379 e. The van der Waals surface area contributed by atoms with Crippen molar-refractivity contribution in [3.63, 3.8) is 0 Å². The van der Waals surface area contributed by atoms with Gasteiger partial charge in [0.05, 0.1) is 19.3 Å². The smallest absolute Gasteiger partial charge is 0.0594 e. The molecule has 0 N–H and O–H groups in total. The zero-order chi connectivity index (χ0) is 12.5. The molecule has 1 saturated heterocycles. The average Bonchev–Trinajstić information content (AvgIpc) is 2.37. The molecule has 0 spiro atoms. The van der Waals surface area contributed by atoms with E-state index in [0.717, 1.165) is 52.4 Å². The van der Waals surface area contributed by atoms with E-state index >= 15 is 0 Å². The van der Waals surface area contributed by atoms with Gasteiger partial charge in [-0.25, -0.2) is 0 Å². The van der Waals surface area contributed by atoms with E-state index in [0.29, 0.717) is 0 Å². The van der Waals surface area contributed by atoms with Gasteiger partial charge >= 0.3 is 0 Å². The highest BCUT2D eigenvalue weighted by Gasteiger charge is 2.21. The molecular weight excluding hydrogens is 212 g/mol. The molecule has 0 bridgehead atoms. The van der Waals surface area contributed by atoms with Crippen molar-refractivity contribution in [1.29, 1.82) is 0 Å². The normalized spacial score (nSPS) is 17.6. The fraction of sp³-hybridized carbons (Fsp3) is 0.643. The summed E-state index contributed by atoms with van der Waals surface area (Å²) in [6.07, 6.45) is 5.01. The minimum Gasteiger partial charge on any atom is -0.379 e. The number of nitrogens with zero attached hydrogens (tertiary/aromatic N) is 2. The third-order valence-corrected chi connectivity index (χ3v) is 3.05. The third-order valence-electron chi connectivity index (χ3n) is 3.05. The number of hydrogen-bond acceptors (Lipinski definition) is 3. The van der Waals surface area contributed by atoms with Crippen LogP contribution in [-0.4, -0.2) is 55.7 Å². The summed E-state index contributed by atoms with van der Waals surface area (Å²) in [6, 6.07) is 1.50. The van der Waals surface area contributed by atoms with Gasteiger partial charge in [-0.05, 0) is 6.42 Å². The van der Waals surface area contributed by atoms with Crippen molar-refractivity contribution in [3.05, 3.63) is 31.4 Å². The second-order valence-electron chi connectivity index (χ2n) is 4.29. The number of ether oxygens (including phenoxy) is 1. The summed E-state index contributed by atoms with van der Waals surface area (Å²) < 4.78 is 5.39. The van der Waals surface area contributed by atoms with Gasteiger partial charge in [-0.2, -0.15) is 0 Å². The Kier molecular flexibility index (Phi) is 7.17. The van der Waals surface area contributed by atoms with E-state index in [1.807, 2.05) is 12.2 Å². The Morgan fingerprint density at radius 3 is 2.29 bits per heavy atom. The molecule has 1 rings (SSSR count). The molecule has 1 radical (unpaired) electrons. The van der Waals surface area contributed by atoms with Gasteiger partial charge in [0, 0.05) is 32.7 Å². The van der Waals surface area contributed by atoms with Gasteiger partial charge in [0.25, 0.3) is 0 Å². The fourth-order valence-electron chi connectivity index (χ4n) is 2.14. The quantitative estimate of drug-likeness (QED) is 0.600. The van der Waals surface area contributed by atoms with Crippen LogP contribution in [0.15, 0.2) is 25.3 Å². The molecule has 3 heteroatoms. The van der Waals surface area contributed by atoms with Crippen LogP contribution < -0.4 is 0 Å². The van der Waals surface area contributed by atoms with Gasteiger partial charge in [0.2, 0.25) is 0 Å². The first-order chi connectivity index (χ1) is 8.31. The Hall–Kier alpha value is -0.640. The number of rotatable bonds is 8. The Balaban J connectivity index is 2.46. The lowest BCUT2D eigenvalue weighted by Gasteiger charge is -2.36. The molecule has 0 unspecified atom stereocenters. The highest BCUT2D eigenvalue weighted by Crippen LogP contribution is 2.16. The van der Waals surface area contributed by atoms with Crippen molar-refractivity contribution in [1.82, 2.24) is 9.80 Å². The van der Waals surface area contributed by atoms with E-state index in [9.17, 15) is 0 Å². The molecule has 0 amide bonds. The molecule has 3 nitrogen and oxygen atoms in total. The molecule has 1 aliphatic heterocycles. The molecule has 97 valence electrons. The monoisotopic (exact) mass is 237 g/mol. The second kappa shape index (κ2) is 8.45. The predicted molar refractivity (Wildman–Crippen MR) is 72.8 cm³/mol. The van der Waals surface area contributed by atoms with Gasteiger partial charge in [-0.15, -0.1) is 13.2 Å². The Morgan fingerprint density at radius 1 is 1.24 bits per heavy atom. The van der Waals surface area contributed by atoms with E-state index in [1.54, 1.807) is 0 Å². The summed E-state index contributed by atoms with van der Waals surface area (Å²) in [4.78, 5) is 4.82. The van der Waals surface area contributed by atoms with Crippen LogP contribution in [0.1, 0.15) is 13.3 Å². The van der Waals surface area contributed by atoms with Crippen molar-refractivity contribution in [2.24, 2.45) is 0 Å². The third kappa shape index (κ3) is 5.02. The standard InChI is InChI=1S/C14H25N2O/c1-4-7-15(8-5-2)13-14(6-3)16-9-11-17-12-10-16/h4-5H,1-2,6-13H2,3H3. The molecule has 0 saturated carbocycles. The Labute approximate surface area is 106 Å². The van der Waals surface area contributed by atoms with Crippen molar-refractivity contribution in [3.8, 4) is 0 Å². The highest BCUT2D eigenvalue weighted by molar-refractivity contribution is 4.95. The van der Waals surface area contributed by atoms with E-state index in [4.69, 9.17) is 4.74 Å². The molecule has 1 aliphatic rings. The molecule has 17 heavy (non-hydrogen) atoms. The lowest BCUT2D eigenvalue weighted by atomic mass is 10.1. The zero-order valence-corrected chi connectivity index (χ0v) is 11.0. The topological polar surface area (TPSA) is 15.7 Å². The van der Waals surface area contributed by atoms with E-state index in [2.05, 4.69) is 29.9 Å². The van der Waals surface area contributed by atoms with Crippen LogP contribution in [0.2, 0.25) is 0 Å². The maximum Gasteiger partial charge on any atom is 0.0594 e. The van der Waals surface area contributed by atoms with Crippen molar-refractivity contribution in [2.45, 2.75) is 13.3 Å². The molecule has 0 aromatic rings. The predicted octanol–water partition coefficient (Wildman–Crippen LogP) is 1.93. The van der Waals surface area contributed by atoms with Crippen LogP contribution in [0.3, 0.4) is 0 Å². The number of hydrogen-bond donors (Lipinski definition) is 0.